The predicted octanol–water partition coefficient (Wildman–Crippen LogP) is 4.33. The van der Waals surface area contributed by atoms with E-state index in [4.69, 9.17) is 23.2 Å². The Morgan fingerprint density at radius 2 is 1.91 bits per heavy atom. The van der Waals surface area contributed by atoms with E-state index in [2.05, 4.69) is 20.8 Å². The van der Waals surface area contributed by atoms with Crippen LogP contribution in [0.25, 0.3) is 11.4 Å². The van der Waals surface area contributed by atoms with Gasteiger partial charge < -0.3 is 5.43 Å². The SMILES string of the molecule is ClC=C1C=CC=CC1NNc1cc(Cl)nc(-c2ccccc2)n1. The number of nitrogens with zero attached hydrogens (tertiary/aromatic N) is 2. The average molecular weight is 345 g/mol. The van der Waals surface area contributed by atoms with Crippen molar-refractivity contribution in [3.05, 3.63) is 77.0 Å². The molecule has 4 nitrogen and oxygen atoms in total. The van der Waals surface area contributed by atoms with Crippen LogP contribution in [0.4, 0.5) is 5.82 Å². The van der Waals surface area contributed by atoms with E-state index >= 15 is 0 Å². The van der Waals surface area contributed by atoms with E-state index in [1.54, 1.807) is 11.6 Å². The van der Waals surface area contributed by atoms with Gasteiger partial charge >= 0.3 is 0 Å². The molecule has 0 spiro atoms. The first-order chi connectivity index (χ1) is 11.3. The number of hydrogen-bond donors (Lipinski definition) is 2. The molecular weight excluding hydrogens is 331 g/mol. The van der Waals surface area contributed by atoms with E-state index in [-0.39, 0.29) is 6.04 Å². The molecule has 1 atom stereocenters. The third-order valence-electron chi connectivity index (χ3n) is 3.27. The number of rotatable bonds is 4. The molecule has 1 aliphatic carbocycles. The Hall–Kier alpha value is -2.14. The van der Waals surface area contributed by atoms with Crippen LogP contribution in [-0.2, 0) is 0 Å². The van der Waals surface area contributed by atoms with Gasteiger partial charge in [-0.05, 0) is 5.57 Å². The number of anilines is 1. The van der Waals surface area contributed by atoms with Gasteiger partial charge in [-0.25, -0.2) is 15.4 Å². The summed E-state index contributed by atoms with van der Waals surface area (Å²) in [6, 6.07) is 11.3. The quantitative estimate of drug-likeness (QED) is 0.640. The van der Waals surface area contributed by atoms with Crippen molar-refractivity contribution in [2.24, 2.45) is 0 Å². The summed E-state index contributed by atoms with van der Waals surface area (Å²) in [4.78, 5) is 8.73. The van der Waals surface area contributed by atoms with E-state index in [1.807, 2.05) is 54.6 Å². The zero-order valence-electron chi connectivity index (χ0n) is 12.1. The van der Waals surface area contributed by atoms with E-state index in [1.165, 1.54) is 0 Å². The lowest BCUT2D eigenvalue weighted by Gasteiger charge is -2.19. The maximum Gasteiger partial charge on any atom is 0.163 e. The molecule has 3 rings (SSSR count). The molecule has 0 radical (unpaired) electrons. The Morgan fingerprint density at radius 1 is 1.09 bits per heavy atom. The van der Waals surface area contributed by atoms with Crippen LogP contribution >= 0.6 is 23.2 Å². The second-order valence-corrected chi connectivity index (χ2v) is 5.47. The highest BCUT2D eigenvalue weighted by atomic mass is 35.5. The Morgan fingerprint density at radius 3 is 2.70 bits per heavy atom. The molecule has 0 saturated heterocycles. The zero-order valence-corrected chi connectivity index (χ0v) is 13.6. The number of hydrazine groups is 1. The minimum atomic E-state index is -0.0496. The minimum Gasteiger partial charge on any atom is -0.305 e. The monoisotopic (exact) mass is 344 g/mol. The maximum absolute atomic E-state index is 6.10. The fourth-order valence-corrected chi connectivity index (χ4v) is 2.53. The van der Waals surface area contributed by atoms with Gasteiger partial charge in [0.05, 0.1) is 6.04 Å². The van der Waals surface area contributed by atoms with Crippen LogP contribution < -0.4 is 10.9 Å². The van der Waals surface area contributed by atoms with Crippen molar-refractivity contribution in [1.29, 1.82) is 0 Å². The molecule has 2 aromatic rings. The summed E-state index contributed by atoms with van der Waals surface area (Å²) in [5.41, 5.74) is 9.61. The molecule has 0 amide bonds. The highest BCUT2D eigenvalue weighted by Gasteiger charge is 2.11. The molecule has 0 saturated carbocycles. The van der Waals surface area contributed by atoms with E-state index in [0.29, 0.717) is 16.8 Å². The molecule has 23 heavy (non-hydrogen) atoms. The molecule has 1 unspecified atom stereocenters. The second-order valence-electron chi connectivity index (χ2n) is 4.87. The predicted molar refractivity (Wildman–Crippen MR) is 95.2 cm³/mol. The fraction of sp³-hybridized carbons (Fsp3) is 0.0588. The number of aromatic nitrogens is 2. The molecule has 0 aliphatic heterocycles. The van der Waals surface area contributed by atoms with Crippen LogP contribution in [0.3, 0.4) is 0 Å². The topological polar surface area (TPSA) is 49.8 Å². The molecule has 1 aromatic heterocycles. The maximum atomic E-state index is 6.10. The van der Waals surface area contributed by atoms with Gasteiger partial charge in [0.2, 0.25) is 0 Å². The standard InChI is InChI=1S/C17H14Cl2N4/c18-11-13-8-4-5-9-14(13)22-23-16-10-15(19)20-17(21-16)12-6-2-1-3-7-12/h1-11,14,22H,(H,20,21,23). The van der Waals surface area contributed by atoms with Gasteiger partial charge in [0, 0.05) is 17.2 Å². The smallest absolute Gasteiger partial charge is 0.163 e. The molecule has 116 valence electrons. The number of allylic oxidation sites excluding steroid dienone is 2. The van der Waals surface area contributed by atoms with Crippen molar-refractivity contribution in [3.8, 4) is 11.4 Å². The lowest BCUT2D eigenvalue weighted by molar-refractivity contribution is 0.745. The highest BCUT2D eigenvalue weighted by Crippen LogP contribution is 2.20. The summed E-state index contributed by atoms with van der Waals surface area (Å²) >= 11 is 11.9. The molecule has 1 aromatic carbocycles. The van der Waals surface area contributed by atoms with Crippen molar-refractivity contribution in [3.63, 3.8) is 0 Å². The zero-order chi connectivity index (χ0) is 16.1. The number of halogens is 2. The Balaban J connectivity index is 1.77. The van der Waals surface area contributed by atoms with Gasteiger partial charge in [0.15, 0.2) is 5.82 Å². The van der Waals surface area contributed by atoms with Crippen molar-refractivity contribution < 1.29 is 0 Å². The second kappa shape index (κ2) is 7.42. The fourth-order valence-electron chi connectivity index (χ4n) is 2.14. The first-order valence-electron chi connectivity index (χ1n) is 7.03. The van der Waals surface area contributed by atoms with Crippen molar-refractivity contribution in [2.75, 3.05) is 5.43 Å². The summed E-state index contributed by atoms with van der Waals surface area (Å²) in [6.07, 6.45) is 7.81. The van der Waals surface area contributed by atoms with E-state index in [0.717, 1.165) is 11.1 Å². The first kappa shape index (κ1) is 15.7. The van der Waals surface area contributed by atoms with Crippen LogP contribution in [0.15, 0.2) is 71.8 Å². The van der Waals surface area contributed by atoms with Crippen LogP contribution in [0.5, 0.6) is 0 Å². The normalized spacial score (nSPS) is 18.3. The molecule has 1 heterocycles. The number of benzene rings is 1. The third kappa shape index (κ3) is 3.99. The van der Waals surface area contributed by atoms with E-state index in [9.17, 15) is 0 Å². The van der Waals surface area contributed by atoms with Crippen LogP contribution in [0, 0.1) is 0 Å². The summed E-state index contributed by atoms with van der Waals surface area (Å²) < 4.78 is 0. The summed E-state index contributed by atoms with van der Waals surface area (Å²) in [6.45, 7) is 0. The van der Waals surface area contributed by atoms with Crippen molar-refractivity contribution >= 4 is 29.0 Å². The van der Waals surface area contributed by atoms with Crippen LogP contribution in [-0.4, -0.2) is 16.0 Å². The van der Waals surface area contributed by atoms with Gasteiger partial charge in [-0.15, -0.1) is 0 Å². The Kier molecular flexibility index (Phi) is 5.08. The molecule has 1 aliphatic rings. The van der Waals surface area contributed by atoms with Crippen LogP contribution in [0.2, 0.25) is 5.15 Å². The Bertz CT molecular complexity index is 769. The highest BCUT2D eigenvalue weighted by molar-refractivity contribution is 6.29. The molecule has 0 bridgehead atoms. The summed E-state index contributed by atoms with van der Waals surface area (Å²) in [7, 11) is 0. The third-order valence-corrected chi connectivity index (χ3v) is 3.72. The van der Waals surface area contributed by atoms with Crippen molar-refractivity contribution in [2.45, 2.75) is 6.04 Å². The van der Waals surface area contributed by atoms with Crippen LogP contribution in [0.1, 0.15) is 0 Å². The van der Waals surface area contributed by atoms with Gasteiger partial charge in [0.25, 0.3) is 0 Å². The summed E-state index contributed by atoms with van der Waals surface area (Å²) in [5.74, 6) is 1.15. The van der Waals surface area contributed by atoms with Crippen molar-refractivity contribution in [1.82, 2.24) is 15.4 Å². The summed E-state index contributed by atoms with van der Waals surface area (Å²) in [5, 5.41) is 0.371. The Labute approximate surface area is 144 Å². The molecule has 6 heteroatoms. The first-order valence-corrected chi connectivity index (χ1v) is 7.84. The lowest BCUT2D eigenvalue weighted by atomic mass is 10.1. The number of hydrogen-bond acceptors (Lipinski definition) is 4. The average Bonchev–Trinajstić information content (AvgIpc) is 2.60. The molecule has 2 N–H and O–H groups in total. The number of nitrogens with one attached hydrogen (secondary N) is 2. The molecular formula is C17H14Cl2N4. The lowest BCUT2D eigenvalue weighted by Crippen LogP contribution is -2.34. The van der Waals surface area contributed by atoms with Gasteiger partial charge in [-0.1, -0.05) is 77.8 Å². The largest absolute Gasteiger partial charge is 0.305 e. The van der Waals surface area contributed by atoms with Gasteiger partial charge in [-0.2, -0.15) is 0 Å². The van der Waals surface area contributed by atoms with Gasteiger partial charge in [-0.3, -0.25) is 0 Å². The minimum absolute atomic E-state index is 0.0496. The molecule has 0 fully saturated rings. The van der Waals surface area contributed by atoms with Gasteiger partial charge in [0.1, 0.15) is 11.0 Å². The van der Waals surface area contributed by atoms with E-state index < -0.39 is 0 Å².